The molecule has 0 radical (unpaired) electrons. The first kappa shape index (κ1) is 14.6. The number of nitrogens with zero attached hydrogens (tertiary/aromatic N) is 3. The fourth-order valence-electron chi connectivity index (χ4n) is 2.23. The molecule has 0 aliphatic rings. The monoisotopic (exact) mass is 314 g/mol. The summed E-state index contributed by atoms with van der Waals surface area (Å²) in [6.07, 6.45) is 8.81. The van der Waals surface area contributed by atoms with Crippen molar-refractivity contribution in [2.75, 3.05) is 6.54 Å². The van der Waals surface area contributed by atoms with E-state index in [9.17, 15) is 4.79 Å². The summed E-state index contributed by atoms with van der Waals surface area (Å²) in [7, 11) is 0. The molecule has 3 heterocycles. The summed E-state index contributed by atoms with van der Waals surface area (Å²) in [6.45, 7) is 3.44. The molecule has 1 amide bonds. The molecular formula is C16H18N4OS. The number of amides is 1. The van der Waals surface area contributed by atoms with Gasteiger partial charge in [-0.05, 0) is 37.6 Å². The zero-order valence-electron chi connectivity index (χ0n) is 12.4. The predicted octanol–water partition coefficient (Wildman–Crippen LogP) is 2.86. The topological polar surface area (TPSA) is 51.9 Å². The number of rotatable bonds is 6. The van der Waals surface area contributed by atoms with Gasteiger partial charge in [-0.15, -0.1) is 0 Å². The average Bonchev–Trinajstić information content (AvgIpc) is 3.24. The largest absolute Gasteiger partial charge is 0.354 e. The van der Waals surface area contributed by atoms with Crippen LogP contribution in [0.1, 0.15) is 21.8 Å². The van der Waals surface area contributed by atoms with E-state index in [0.717, 1.165) is 23.8 Å². The number of hydrogen-bond donors (Lipinski definition) is 1. The first-order valence-corrected chi connectivity index (χ1v) is 8.05. The predicted molar refractivity (Wildman–Crippen MR) is 87.6 cm³/mol. The van der Waals surface area contributed by atoms with Gasteiger partial charge in [-0.1, -0.05) is 11.3 Å². The van der Waals surface area contributed by atoms with Crippen LogP contribution in [0.5, 0.6) is 0 Å². The molecule has 0 unspecified atom stereocenters. The van der Waals surface area contributed by atoms with Gasteiger partial charge in [0, 0.05) is 37.9 Å². The van der Waals surface area contributed by atoms with Crippen LogP contribution in [0.2, 0.25) is 0 Å². The molecule has 0 fully saturated rings. The molecule has 22 heavy (non-hydrogen) atoms. The molecule has 5 nitrogen and oxygen atoms in total. The molecular weight excluding hydrogens is 296 g/mol. The van der Waals surface area contributed by atoms with Crippen molar-refractivity contribution < 1.29 is 4.79 Å². The molecule has 0 saturated heterocycles. The van der Waals surface area contributed by atoms with Gasteiger partial charge in [0.15, 0.2) is 5.13 Å². The van der Waals surface area contributed by atoms with Crippen LogP contribution < -0.4 is 5.32 Å². The quantitative estimate of drug-likeness (QED) is 0.711. The van der Waals surface area contributed by atoms with Crippen LogP contribution in [0, 0.1) is 6.92 Å². The highest BCUT2D eigenvalue weighted by Gasteiger charge is 2.15. The second-order valence-corrected chi connectivity index (χ2v) is 6.01. The number of carbonyl (C=O) groups excluding carboxylic acids is 1. The van der Waals surface area contributed by atoms with Crippen LogP contribution in [0.3, 0.4) is 0 Å². The minimum absolute atomic E-state index is 0.0408. The second-order valence-electron chi connectivity index (χ2n) is 5.03. The van der Waals surface area contributed by atoms with Crippen molar-refractivity contribution >= 4 is 17.2 Å². The Morgan fingerprint density at radius 1 is 1.18 bits per heavy atom. The first-order valence-electron chi connectivity index (χ1n) is 7.24. The molecule has 0 aromatic carbocycles. The van der Waals surface area contributed by atoms with E-state index in [2.05, 4.69) is 14.9 Å². The summed E-state index contributed by atoms with van der Waals surface area (Å²) in [6, 6.07) is 7.89. The molecule has 0 spiro atoms. The van der Waals surface area contributed by atoms with Gasteiger partial charge < -0.3 is 14.5 Å². The normalized spacial score (nSPS) is 10.8. The van der Waals surface area contributed by atoms with Crippen LogP contribution in [-0.4, -0.2) is 26.6 Å². The van der Waals surface area contributed by atoms with Gasteiger partial charge in [-0.3, -0.25) is 4.79 Å². The number of nitrogens with one attached hydrogen (secondary N) is 1. The number of carbonyl (C=O) groups is 1. The Labute approximate surface area is 133 Å². The SMILES string of the molecule is Cc1nc(-n2cccc2)sc1C(=O)NCCCn1cccc1. The fourth-order valence-corrected chi connectivity index (χ4v) is 3.18. The zero-order valence-corrected chi connectivity index (χ0v) is 13.2. The number of hydrogen-bond acceptors (Lipinski definition) is 3. The van der Waals surface area contributed by atoms with Gasteiger partial charge in [-0.2, -0.15) is 0 Å². The molecule has 0 aliphatic heterocycles. The van der Waals surface area contributed by atoms with E-state index in [-0.39, 0.29) is 5.91 Å². The Morgan fingerprint density at radius 3 is 2.59 bits per heavy atom. The van der Waals surface area contributed by atoms with E-state index in [1.165, 1.54) is 11.3 Å². The smallest absolute Gasteiger partial charge is 0.263 e. The maximum Gasteiger partial charge on any atom is 0.263 e. The molecule has 0 aliphatic carbocycles. The highest BCUT2D eigenvalue weighted by molar-refractivity contribution is 7.16. The molecule has 0 atom stereocenters. The van der Waals surface area contributed by atoms with E-state index >= 15 is 0 Å². The number of aryl methyl sites for hydroxylation is 2. The molecule has 6 heteroatoms. The molecule has 3 aromatic rings. The number of thiazole rings is 1. The third-order valence-electron chi connectivity index (χ3n) is 3.36. The Hall–Kier alpha value is -2.34. The van der Waals surface area contributed by atoms with Crippen molar-refractivity contribution in [3.63, 3.8) is 0 Å². The molecule has 0 bridgehead atoms. The first-order chi connectivity index (χ1) is 10.7. The minimum Gasteiger partial charge on any atom is -0.354 e. The van der Waals surface area contributed by atoms with Crippen molar-refractivity contribution in [3.05, 3.63) is 59.6 Å². The number of aromatic nitrogens is 3. The summed E-state index contributed by atoms with van der Waals surface area (Å²) in [4.78, 5) is 17.4. The third-order valence-corrected chi connectivity index (χ3v) is 4.53. The highest BCUT2D eigenvalue weighted by atomic mass is 32.1. The van der Waals surface area contributed by atoms with E-state index in [1.807, 2.05) is 60.5 Å². The van der Waals surface area contributed by atoms with Gasteiger partial charge in [0.05, 0.1) is 5.69 Å². The molecule has 1 N–H and O–H groups in total. The maximum atomic E-state index is 12.3. The summed E-state index contributed by atoms with van der Waals surface area (Å²) < 4.78 is 4.02. The van der Waals surface area contributed by atoms with Crippen molar-refractivity contribution in [3.8, 4) is 5.13 Å². The van der Waals surface area contributed by atoms with E-state index in [4.69, 9.17) is 0 Å². The molecule has 114 valence electrons. The van der Waals surface area contributed by atoms with Gasteiger partial charge in [-0.25, -0.2) is 4.98 Å². The van der Waals surface area contributed by atoms with E-state index < -0.39 is 0 Å². The van der Waals surface area contributed by atoms with Crippen LogP contribution in [-0.2, 0) is 6.54 Å². The molecule has 3 aromatic heterocycles. The molecule has 0 saturated carbocycles. The Kier molecular flexibility index (Phi) is 4.39. The lowest BCUT2D eigenvalue weighted by Gasteiger charge is -2.05. The van der Waals surface area contributed by atoms with Crippen molar-refractivity contribution in [1.82, 2.24) is 19.4 Å². The van der Waals surface area contributed by atoms with E-state index in [1.54, 1.807) is 0 Å². The lowest BCUT2D eigenvalue weighted by atomic mass is 10.3. The van der Waals surface area contributed by atoms with Gasteiger partial charge in [0.2, 0.25) is 0 Å². The van der Waals surface area contributed by atoms with Crippen molar-refractivity contribution in [2.24, 2.45) is 0 Å². The lowest BCUT2D eigenvalue weighted by molar-refractivity contribution is 0.0956. The van der Waals surface area contributed by atoms with Gasteiger partial charge in [0.25, 0.3) is 5.91 Å². The van der Waals surface area contributed by atoms with Gasteiger partial charge in [0.1, 0.15) is 4.88 Å². The molecule has 3 rings (SSSR count). The van der Waals surface area contributed by atoms with Crippen molar-refractivity contribution in [1.29, 1.82) is 0 Å². The Morgan fingerprint density at radius 2 is 1.86 bits per heavy atom. The minimum atomic E-state index is -0.0408. The second kappa shape index (κ2) is 6.62. The Bertz CT molecular complexity index is 728. The summed E-state index contributed by atoms with van der Waals surface area (Å²) >= 11 is 1.42. The third kappa shape index (κ3) is 3.28. The van der Waals surface area contributed by atoms with Gasteiger partial charge >= 0.3 is 0 Å². The van der Waals surface area contributed by atoms with E-state index in [0.29, 0.717) is 11.4 Å². The highest BCUT2D eigenvalue weighted by Crippen LogP contribution is 2.21. The van der Waals surface area contributed by atoms with Crippen LogP contribution in [0.4, 0.5) is 0 Å². The van der Waals surface area contributed by atoms with Crippen LogP contribution >= 0.6 is 11.3 Å². The van der Waals surface area contributed by atoms with Crippen LogP contribution in [0.25, 0.3) is 5.13 Å². The Balaban J connectivity index is 1.56. The average molecular weight is 314 g/mol. The standard InChI is InChI=1S/C16H18N4OS/c1-13-14(22-16(18-13)20-11-4-5-12-20)15(21)17-7-6-10-19-8-2-3-9-19/h2-5,8-9,11-12H,6-7,10H2,1H3,(H,17,21). The van der Waals surface area contributed by atoms with Crippen LogP contribution in [0.15, 0.2) is 49.1 Å². The summed E-state index contributed by atoms with van der Waals surface area (Å²) in [5.74, 6) is -0.0408. The fraction of sp³-hybridized carbons (Fsp3) is 0.250. The maximum absolute atomic E-state index is 12.3. The zero-order chi connectivity index (χ0) is 15.4. The summed E-state index contributed by atoms with van der Waals surface area (Å²) in [5, 5.41) is 3.79. The lowest BCUT2D eigenvalue weighted by Crippen LogP contribution is -2.25. The summed E-state index contributed by atoms with van der Waals surface area (Å²) in [5.41, 5.74) is 0.775. The van der Waals surface area contributed by atoms with Crippen molar-refractivity contribution in [2.45, 2.75) is 19.9 Å².